The molecule has 0 saturated heterocycles. The predicted octanol–water partition coefficient (Wildman–Crippen LogP) is 8.18. The van der Waals surface area contributed by atoms with E-state index in [4.69, 9.17) is 0 Å². The summed E-state index contributed by atoms with van der Waals surface area (Å²) in [6, 6.07) is 55.7. The summed E-state index contributed by atoms with van der Waals surface area (Å²) in [4.78, 5) is 0. The summed E-state index contributed by atoms with van der Waals surface area (Å²) >= 11 is 0. The molecule has 0 bridgehead atoms. The van der Waals surface area contributed by atoms with Crippen LogP contribution >= 0.6 is 0 Å². The van der Waals surface area contributed by atoms with Gasteiger partial charge in [0.2, 0.25) is 0 Å². The molecule has 1 unspecified atom stereocenters. The van der Waals surface area contributed by atoms with Crippen LogP contribution in [0.3, 0.4) is 0 Å². The van der Waals surface area contributed by atoms with Gasteiger partial charge >= 0.3 is 0 Å². The normalized spacial score (nSPS) is 12.2. The van der Waals surface area contributed by atoms with Crippen LogP contribution < -0.4 is 0 Å². The molecule has 5 rings (SSSR count). The van der Waals surface area contributed by atoms with Gasteiger partial charge in [0.25, 0.3) is 0 Å². The van der Waals surface area contributed by atoms with Gasteiger partial charge in [0.05, 0.1) is 12.1 Å². The fraction of sp³-hybridized carbons (Fsp3) is 0.111. The monoisotopic (exact) mass is 488 g/mol. The van der Waals surface area contributed by atoms with Crippen LogP contribution in [0.15, 0.2) is 152 Å². The number of hydrogen-bond donors (Lipinski definition) is 0. The van der Waals surface area contributed by atoms with Crippen molar-refractivity contribution in [2.24, 2.45) is 0 Å². The van der Waals surface area contributed by atoms with E-state index in [-0.39, 0.29) is 5.92 Å². The van der Waals surface area contributed by atoms with Crippen molar-refractivity contribution in [3.8, 4) is 12.1 Å². The summed E-state index contributed by atoms with van der Waals surface area (Å²) in [5.41, 5.74) is 2.67. The van der Waals surface area contributed by atoms with Crippen molar-refractivity contribution in [3.05, 3.63) is 179 Å². The standard InChI is InChI=1S/C36H28N2/c37-27-35(30-18-8-2-9-19-30,31-20-10-3-11-21-31)26-34(29-16-6-1-7-17-29)36(28-38,32-22-12-4-13-23-32)33-24-14-5-15-25-33/h1-25,34H,26H2. The average molecular weight is 489 g/mol. The molecule has 182 valence electrons. The van der Waals surface area contributed by atoms with E-state index in [2.05, 4.69) is 24.3 Å². The largest absolute Gasteiger partial charge is 0.197 e. The Morgan fingerprint density at radius 3 is 1.13 bits per heavy atom. The Kier molecular flexibility index (Phi) is 7.17. The first-order valence-corrected chi connectivity index (χ1v) is 12.8. The highest BCUT2D eigenvalue weighted by atomic mass is 14.5. The SMILES string of the molecule is N#CC(CC(c1ccccc1)C(C#N)(c1ccccc1)c1ccccc1)(c1ccccc1)c1ccccc1. The molecule has 0 N–H and O–H groups in total. The Hall–Kier alpha value is -4.92. The lowest BCUT2D eigenvalue weighted by Crippen LogP contribution is -2.39. The summed E-state index contributed by atoms with van der Waals surface area (Å²) in [5.74, 6) is -0.335. The molecule has 5 aromatic rings. The van der Waals surface area contributed by atoms with E-state index in [1.54, 1.807) is 0 Å². The van der Waals surface area contributed by atoms with E-state index in [0.29, 0.717) is 6.42 Å². The summed E-state index contributed by atoms with van der Waals surface area (Å²) < 4.78 is 0. The minimum atomic E-state index is -1.03. The molecule has 0 aliphatic heterocycles. The molecular weight excluding hydrogens is 460 g/mol. The van der Waals surface area contributed by atoms with Gasteiger partial charge in [-0.1, -0.05) is 152 Å². The van der Waals surface area contributed by atoms with Gasteiger partial charge in [0, 0.05) is 5.92 Å². The van der Waals surface area contributed by atoms with Crippen molar-refractivity contribution in [2.75, 3.05) is 0 Å². The fourth-order valence-electron chi connectivity index (χ4n) is 5.71. The number of rotatable bonds is 8. The van der Waals surface area contributed by atoms with Crippen LogP contribution in [-0.4, -0.2) is 0 Å². The maximum Gasteiger partial charge on any atom is 0.114 e. The van der Waals surface area contributed by atoms with Crippen LogP contribution in [-0.2, 0) is 10.8 Å². The lowest BCUT2D eigenvalue weighted by Gasteiger charge is -2.41. The van der Waals surface area contributed by atoms with Gasteiger partial charge in [0.1, 0.15) is 10.8 Å². The smallest absolute Gasteiger partial charge is 0.114 e. The quantitative estimate of drug-likeness (QED) is 0.221. The Bertz CT molecular complexity index is 1450. The fourth-order valence-corrected chi connectivity index (χ4v) is 5.71. The third-order valence-electron chi connectivity index (χ3n) is 7.59. The van der Waals surface area contributed by atoms with E-state index in [1.807, 2.05) is 140 Å². The van der Waals surface area contributed by atoms with Crippen LogP contribution in [0.25, 0.3) is 0 Å². The Balaban J connectivity index is 1.83. The highest BCUT2D eigenvalue weighted by molar-refractivity contribution is 5.54. The lowest BCUT2D eigenvalue weighted by molar-refractivity contribution is 0.415. The second-order valence-corrected chi connectivity index (χ2v) is 9.57. The molecule has 0 aliphatic rings. The molecule has 0 aromatic heterocycles. The number of nitrogens with zero attached hydrogens (tertiary/aromatic N) is 2. The second-order valence-electron chi connectivity index (χ2n) is 9.57. The second kappa shape index (κ2) is 11.0. The van der Waals surface area contributed by atoms with Crippen LogP contribution in [0, 0.1) is 22.7 Å². The zero-order valence-electron chi connectivity index (χ0n) is 21.1. The van der Waals surface area contributed by atoms with Crippen LogP contribution in [0.1, 0.15) is 40.2 Å². The average Bonchev–Trinajstić information content (AvgIpc) is 3.02. The molecule has 1 atom stereocenters. The van der Waals surface area contributed by atoms with Crippen LogP contribution in [0.5, 0.6) is 0 Å². The molecule has 0 spiro atoms. The minimum absolute atomic E-state index is 0.335. The van der Waals surface area contributed by atoms with E-state index in [1.165, 1.54) is 0 Å². The molecular formula is C36H28N2. The molecule has 0 aliphatic carbocycles. The molecule has 0 amide bonds. The summed E-state index contributed by atoms with van der Waals surface area (Å²) in [6.45, 7) is 0. The van der Waals surface area contributed by atoms with Crippen LogP contribution in [0.4, 0.5) is 0 Å². The Morgan fingerprint density at radius 1 is 0.447 bits per heavy atom. The van der Waals surface area contributed by atoms with Gasteiger partial charge < -0.3 is 0 Å². The van der Waals surface area contributed by atoms with E-state index >= 15 is 0 Å². The van der Waals surface area contributed by atoms with Crippen molar-refractivity contribution in [1.82, 2.24) is 0 Å². The molecule has 5 aromatic carbocycles. The first kappa shape index (κ1) is 24.8. The van der Waals surface area contributed by atoms with Gasteiger partial charge in [-0.2, -0.15) is 10.5 Å². The summed E-state index contributed by atoms with van der Waals surface area (Å²) in [6.07, 6.45) is 0.416. The van der Waals surface area contributed by atoms with Gasteiger partial charge in [-0.15, -0.1) is 0 Å². The highest BCUT2D eigenvalue weighted by Gasteiger charge is 2.48. The molecule has 38 heavy (non-hydrogen) atoms. The number of benzene rings is 5. The van der Waals surface area contributed by atoms with Crippen molar-refractivity contribution in [2.45, 2.75) is 23.2 Å². The third kappa shape index (κ3) is 4.39. The Morgan fingerprint density at radius 2 is 0.789 bits per heavy atom. The van der Waals surface area contributed by atoms with Crippen molar-refractivity contribution in [3.63, 3.8) is 0 Å². The molecule has 2 heteroatoms. The highest BCUT2D eigenvalue weighted by Crippen LogP contribution is 2.51. The molecule has 0 saturated carbocycles. The lowest BCUT2D eigenvalue weighted by atomic mass is 9.58. The van der Waals surface area contributed by atoms with Crippen molar-refractivity contribution < 1.29 is 0 Å². The van der Waals surface area contributed by atoms with E-state index < -0.39 is 10.8 Å². The molecule has 2 nitrogen and oxygen atoms in total. The van der Waals surface area contributed by atoms with Gasteiger partial charge in [0.15, 0.2) is 0 Å². The van der Waals surface area contributed by atoms with Crippen molar-refractivity contribution in [1.29, 1.82) is 10.5 Å². The third-order valence-corrected chi connectivity index (χ3v) is 7.59. The summed E-state index contributed by atoms with van der Waals surface area (Å²) in [5, 5.41) is 22.2. The topological polar surface area (TPSA) is 47.6 Å². The molecule has 0 fully saturated rings. The molecule has 0 heterocycles. The number of nitriles is 2. The number of hydrogen-bond acceptors (Lipinski definition) is 2. The van der Waals surface area contributed by atoms with Crippen LogP contribution in [0.2, 0.25) is 0 Å². The van der Waals surface area contributed by atoms with Gasteiger partial charge in [-0.25, -0.2) is 0 Å². The van der Waals surface area contributed by atoms with Gasteiger partial charge in [-0.3, -0.25) is 0 Å². The zero-order chi connectivity index (χ0) is 26.3. The van der Waals surface area contributed by atoms with E-state index in [0.717, 1.165) is 27.8 Å². The van der Waals surface area contributed by atoms with Crippen molar-refractivity contribution >= 4 is 0 Å². The maximum absolute atomic E-state index is 11.2. The first-order chi connectivity index (χ1) is 18.7. The van der Waals surface area contributed by atoms with Gasteiger partial charge in [-0.05, 0) is 34.2 Å². The predicted molar refractivity (Wildman–Crippen MR) is 152 cm³/mol. The first-order valence-electron chi connectivity index (χ1n) is 12.8. The maximum atomic E-state index is 11.2. The molecule has 0 radical (unpaired) electrons. The van der Waals surface area contributed by atoms with E-state index in [9.17, 15) is 10.5 Å². The zero-order valence-corrected chi connectivity index (χ0v) is 21.1. The minimum Gasteiger partial charge on any atom is -0.197 e. The summed E-state index contributed by atoms with van der Waals surface area (Å²) in [7, 11) is 0. The Labute approximate surface area is 225 Å².